The molecule has 0 N–H and O–H groups in total. The summed E-state index contributed by atoms with van der Waals surface area (Å²) in [4.78, 5) is 44.8. The lowest BCUT2D eigenvalue weighted by atomic mass is 9.83. The number of amides is 2. The molecule has 2 saturated heterocycles. The number of ether oxygens (including phenoxy) is 1. The fourth-order valence-electron chi connectivity index (χ4n) is 5.73. The Balaban J connectivity index is 1.47. The lowest BCUT2D eigenvalue weighted by Gasteiger charge is -2.35. The van der Waals surface area contributed by atoms with E-state index in [-0.39, 0.29) is 23.6 Å². The van der Waals surface area contributed by atoms with E-state index in [4.69, 9.17) is 4.74 Å². The number of aryl methyl sites for hydroxylation is 1. The predicted octanol–water partition coefficient (Wildman–Crippen LogP) is 4.40. The van der Waals surface area contributed by atoms with E-state index in [0.29, 0.717) is 17.0 Å². The van der Waals surface area contributed by atoms with Crippen molar-refractivity contribution in [1.82, 2.24) is 4.90 Å². The first-order chi connectivity index (χ1) is 17.0. The number of carbonyl (C=O) groups is 3. The van der Waals surface area contributed by atoms with Crippen molar-refractivity contribution in [2.75, 3.05) is 12.0 Å². The van der Waals surface area contributed by atoms with Crippen molar-refractivity contribution < 1.29 is 19.1 Å². The summed E-state index contributed by atoms with van der Waals surface area (Å²) in [7, 11) is 1.57. The van der Waals surface area contributed by atoms with E-state index in [1.54, 1.807) is 43.5 Å². The number of hydrogen-bond acceptors (Lipinski definition) is 5. The van der Waals surface area contributed by atoms with Gasteiger partial charge in [0, 0.05) is 11.8 Å². The van der Waals surface area contributed by atoms with Crippen molar-refractivity contribution in [2.24, 2.45) is 11.8 Å². The number of anilines is 1. The van der Waals surface area contributed by atoms with Crippen LogP contribution in [-0.4, -0.2) is 35.6 Å². The smallest absolute Gasteiger partial charge is 0.240 e. The largest absolute Gasteiger partial charge is 0.497 e. The second-order valence-electron chi connectivity index (χ2n) is 9.27. The average molecular weight is 465 g/mol. The first-order valence-corrected chi connectivity index (χ1v) is 11.7. The van der Waals surface area contributed by atoms with Gasteiger partial charge in [0.25, 0.3) is 0 Å². The molecule has 0 aromatic heterocycles. The molecule has 0 bridgehead atoms. The van der Waals surface area contributed by atoms with Gasteiger partial charge in [0.1, 0.15) is 11.8 Å². The second-order valence-corrected chi connectivity index (χ2v) is 9.27. The Morgan fingerprint density at radius 2 is 1.54 bits per heavy atom. The van der Waals surface area contributed by atoms with Crippen LogP contribution in [0.2, 0.25) is 0 Å². The molecule has 174 valence electrons. The number of hydrogen-bond donors (Lipinski definition) is 0. The molecule has 4 unspecified atom stereocenters. The average Bonchev–Trinajstić information content (AvgIpc) is 3.37. The number of ketones is 1. The molecule has 35 heavy (non-hydrogen) atoms. The van der Waals surface area contributed by atoms with Gasteiger partial charge in [0.2, 0.25) is 11.8 Å². The molecule has 3 aliphatic rings. The molecule has 3 aromatic rings. The van der Waals surface area contributed by atoms with Crippen molar-refractivity contribution in [2.45, 2.75) is 19.0 Å². The van der Waals surface area contributed by atoms with Crippen LogP contribution in [-0.2, 0) is 9.59 Å². The molecule has 0 saturated carbocycles. The van der Waals surface area contributed by atoms with Gasteiger partial charge >= 0.3 is 0 Å². The molecule has 6 heteroatoms. The number of carbonyl (C=O) groups excluding carboxylic acids is 3. The molecule has 0 radical (unpaired) electrons. The highest BCUT2D eigenvalue weighted by Gasteiger charge is 2.64. The Morgan fingerprint density at radius 1 is 0.857 bits per heavy atom. The van der Waals surface area contributed by atoms with Crippen molar-refractivity contribution in [1.29, 1.82) is 0 Å². The Kier molecular flexibility index (Phi) is 4.85. The zero-order chi connectivity index (χ0) is 24.3. The van der Waals surface area contributed by atoms with Crippen LogP contribution < -0.4 is 9.64 Å². The number of nitrogens with zero attached hydrogens (tertiary/aromatic N) is 2. The Bertz CT molecular complexity index is 1380. The maximum Gasteiger partial charge on any atom is 0.240 e. The van der Waals surface area contributed by atoms with Crippen LogP contribution in [0.1, 0.15) is 33.1 Å². The van der Waals surface area contributed by atoms with E-state index < -0.39 is 17.9 Å². The summed E-state index contributed by atoms with van der Waals surface area (Å²) in [5.41, 5.74) is 4.03. The lowest BCUT2D eigenvalue weighted by molar-refractivity contribution is -0.123. The van der Waals surface area contributed by atoms with Gasteiger partial charge in [-0.2, -0.15) is 0 Å². The van der Waals surface area contributed by atoms with E-state index in [2.05, 4.69) is 0 Å². The van der Waals surface area contributed by atoms with Crippen molar-refractivity contribution in [3.05, 3.63) is 101 Å². The van der Waals surface area contributed by atoms with Crippen molar-refractivity contribution in [3.8, 4) is 5.75 Å². The molecule has 2 amide bonds. The monoisotopic (exact) mass is 464 g/mol. The molecule has 6 nitrogen and oxygen atoms in total. The van der Waals surface area contributed by atoms with E-state index in [1.807, 2.05) is 60.5 Å². The lowest BCUT2D eigenvalue weighted by Crippen LogP contribution is -2.44. The zero-order valence-corrected chi connectivity index (χ0v) is 19.4. The fraction of sp³-hybridized carbons (Fsp3) is 0.207. The third-order valence-electron chi connectivity index (χ3n) is 7.40. The number of rotatable bonds is 4. The summed E-state index contributed by atoms with van der Waals surface area (Å²) >= 11 is 0. The molecule has 0 spiro atoms. The van der Waals surface area contributed by atoms with Gasteiger partial charge in [0.15, 0.2) is 5.78 Å². The summed E-state index contributed by atoms with van der Waals surface area (Å²) < 4.78 is 5.23. The third kappa shape index (κ3) is 3.13. The second kappa shape index (κ2) is 7.94. The molecular weight excluding hydrogens is 440 g/mol. The van der Waals surface area contributed by atoms with Gasteiger partial charge in [-0.25, -0.2) is 4.90 Å². The molecule has 6 rings (SSSR count). The van der Waals surface area contributed by atoms with Crippen LogP contribution >= 0.6 is 0 Å². The maximum absolute atomic E-state index is 13.9. The Labute approximate surface area is 203 Å². The van der Waals surface area contributed by atoms with Gasteiger partial charge < -0.3 is 9.64 Å². The standard InChI is InChI=1S/C29H24N2O4/c1-17-7-11-20(12-8-17)31-28(33)23-24(29(31)34)26(27(32)19-9-13-21(35-2)14-10-19)30-16-15-18-5-3-4-6-22(18)25(23)30/h3-16,23-26H,1-2H3. The number of fused-ring (bicyclic) bond motifs is 5. The fourth-order valence-corrected chi connectivity index (χ4v) is 5.73. The Hall–Kier alpha value is -4.19. The van der Waals surface area contributed by atoms with E-state index in [0.717, 1.165) is 16.7 Å². The van der Waals surface area contributed by atoms with Crippen LogP contribution in [0.5, 0.6) is 5.75 Å². The van der Waals surface area contributed by atoms with Gasteiger partial charge in [-0.1, -0.05) is 42.0 Å². The highest BCUT2D eigenvalue weighted by atomic mass is 16.5. The highest BCUT2D eigenvalue weighted by Crippen LogP contribution is 2.53. The van der Waals surface area contributed by atoms with Crippen LogP contribution in [0.3, 0.4) is 0 Å². The minimum absolute atomic E-state index is 0.180. The highest BCUT2D eigenvalue weighted by molar-refractivity contribution is 6.24. The van der Waals surface area contributed by atoms with Crippen LogP contribution in [0, 0.1) is 18.8 Å². The van der Waals surface area contributed by atoms with E-state index >= 15 is 0 Å². The van der Waals surface area contributed by atoms with Crippen LogP contribution in [0.15, 0.2) is 79.0 Å². The van der Waals surface area contributed by atoms with E-state index in [9.17, 15) is 14.4 Å². The topological polar surface area (TPSA) is 66.9 Å². The summed E-state index contributed by atoms with van der Waals surface area (Å²) in [5, 5.41) is 0. The first kappa shape index (κ1) is 21.4. The van der Waals surface area contributed by atoms with Gasteiger partial charge in [0.05, 0.1) is 30.7 Å². The number of Topliss-reactive ketones (excluding diaryl/α,β-unsaturated/α-hetero) is 1. The number of imide groups is 1. The van der Waals surface area contributed by atoms with Gasteiger partial charge in [-0.3, -0.25) is 14.4 Å². The zero-order valence-electron chi connectivity index (χ0n) is 19.4. The summed E-state index contributed by atoms with van der Waals surface area (Å²) in [6, 6.07) is 20.9. The molecular formula is C29H24N2O4. The predicted molar refractivity (Wildman–Crippen MR) is 132 cm³/mol. The molecule has 3 aliphatic heterocycles. The van der Waals surface area contributed by atoms with Crippen LogP contribution in [0.4, 0.5) is 5.69 Å². The van der Waals surface area contributed by atoms with E-state index in [1.165, 1.54) is 4.90 Å². The maximum atomic E-state index is 13.9. The summed E-state index contributed by atoms with van der Waals surface area (Å²) in [6.07, 6.45) is 3.82. The summed E-state index contributed by atoms with van der Waals surface area (Å²) in [5.74, 6) is -1.54. The SMILES string of the molecule is COc1ccc(C(=O)C2C3C(=O)N(c4ccc(C)cc4)C(=O)C3C3c4ccccc4C=CN23)cc1. The van der Waals surface area contributed by atoms with Crippen molar-refractivity contribution in [3.63, 3.8) is 0 Å². The molecule has 0 aliphatic carbocycles. The molecule has 3 aromatic carbocycles. The molecule has 3 heterocycles. The number of methoxy groups -OCH3 is 1. The quantitative estimate of drug-likeness (QED) is 0.423. The first-order valence-electron chi connectivity index (χ1n) is 11.7. The minimum atomic E-state index is -0.783. The molecule has 2 fully saturated rings. The van der Waals surface area contributed by atoms with Gasteiger partial charge in [-0.15, -0.1) is 0 Å². The van der Waals surface area contributed by atoms with Crippen LogP contribution in [0.25, 0.3) is 6.08 Å². The Morgan fingerprint density at radius 3 is 2.26 bits per heavy atom. The normalized spacial score (nSPS) is 24.3. The third-order valence-corrected chi connectivity index (χ3v) is 7.40. The van der Waals surface area contributed by atoms with Crippen molar-refractivity contribution >= 4 is 29.4 Å². The summed E-state index contributed by atoms with van der Waals surface area (Å²) in [6.45, 7) is 1.96. The molecule has 4 atom stereocenters. The van der Waals surface area contributed by atoms with Gasteiger partial charge in [-0.05, 0) is 60.5 Å². The minimum Gasteiger partial charge on any atom is -0.497 e. The number of benzene rings is 3.